The lowest BCUT2D eigenvalue weighted by Crippen LogP contribution is -2.14. The fourth-order valence-electron chi connectivity index (χ4n) is 2.65. The van der Waals surface area contributed by atoms with Crippen molar-refractivity contribution in [2.75, 3.05) is 16.0 Å². The van der Waals surface area contributed by atoms with Gasteiger partial charge in [0, 0.05) is 36.7 Å². The van der Waals surface area contributed by atoms with Crippen LogP contribution in [0.2, 0.25) is 0 Å². The predicted octanol–water partition coefficient (Wildman–Crippen LogP) is 4.21. The van der Waals surface area contributed by atoms with E-state index < -0.39 is 0 Å². The van der Waals surface area contributed by atoms with E-state index in [4.69, 9.17) is 0 Å². The van der Waals surface area contributed by atoms with Crippen LogP contribution in [0.4, 0.5) is 17.1 Å². The van der Waals surface area contributed by atoms with E-state index in [0.717, 1.165) is 11.3 Å². The van der Waals surface area contributed by atoms with E-state index in [1.807, 2.05) is 6.07 Å². The number of rotatable bonds is 6. The smallest absolute Gasteiger partial charge is 0.274 e. The quantitative estimate of drug-likeness (QED) is 0.603. The zero-order chi connectivity index (χ0) is 19.9. The first-order chi connectivity index (χ1) is 13.5. The molecule has 142 valence electrons. The fraction of sp³-hybridized carbons (Fsp3) is 0.136. The minimum atomic E-state index is -0.320. The molecule has 0 saturated heterocycles. The summed E-state index contributed by atoms with van der Waals surface area (Å²) in [6.07, 6.45) is 1.60. The van der Waals surface area contributed by atoms with E-state index in [9.17, 15) is 9.59 Å². The third-order valence-electron chi connectivity index (χ3n) is 4.05. The van der Waals surface area contributed by atoms with Gasteiger partial charge in [0.25, 0.3) is 5.91 Å². The van der Waals surface area contributed by atoms with Gasteiger partial charge < -0.3 is 16.0 Å². The van der Waals surface area contributed by atoms with Gasteiger partial charge in [-0.25, -0.2) is 0 Å². The van der Waals surface area contributed by atoms with Crippen molar-refractivity contribution in [3.63, 3.8) is 0 Å². The molecule has 3 N–H and O–H groups in total. The van der Waals surface area contributed by atoms with Gasteiger partial charge >= 0.3 is 0 Å². The lowest BCUT2D eigenvalue weighted by Gasteiger charge is -2.10. The molecule has 0 radical (unpaired) electrons. The maximum atomic E-state index is 12.5. The average Bonchev–Trinajstić information content (AvgIpc) is 2.67. The fourth-order valence-corrected chi connectivity index (χ4v) is 2.65. The number of carbonyl (C=O) groups is 2. The molecule has 2 amide bonds. The van der Waals surface area contributed by atoms with Crippen molar-refractivity contribution in [1.29, 1.82) is 0 Å². The summed E-state index contributed by atoms with van der Waals surface area (Å²) in [6, 6.07) is 18.8. The molecular formula is C22H22N4O2. The molecule has 28 heavy (non-hydrogen) atoms. The van der Waals surface area contributed by atoms with Crippen molar-refractivity contribution >= 4 is 28.9 Å². The molecule has 0 bridgehead atoms. The van der Waals surface area contributed by atoms with Gasteiger partial charge in [0.15, 0.2) is 0 Å². The van der Waals surface area contributed by atoms with E-state index in [-0.39, 0.29) is 11.8 Å². The van der Waals surface area contributed by atoms with E-state index in [0.29, 0.717) is 23.6 Å². The summed E-state index contributed by atoms with van der Waals surface area (Å²) in [6.45, 7) is 4.14. The molecule has 2 aromatic carbocycles. The Morgan fingerprint density at radius 3 is 2.32 bits per heavy atom. The number of benzene rings is 2. The third kappa shape index (κ3) is 5.41. The van der Waals surface area contributed by atoms with Crippen LogP contribution < -0.4 is 16.0 Å². The molecule has 0 fully saturated rings. The van der Waals surface area contributed by atoms with Crippen molar-refractivity contribution < 1.29 is 9.59 Å². The Morgan fingerprint density at radius 1 is 0.893 bits per heavy atom. The zero-order valence-electron chi connectivity index (χ0n) is 15.8. The highest BCUT2D eigenvalue weighted by atomic mass is 16.2. The van der Waals surface area contributed by atoms with Crippen LogP contribution in [0.3, 0.4) is 0 Å². The topological polar surface area (TPSA) is 83.1 Å². The van der Waals surface area contributed by atoms with Crippen LogP contribution in [0.15, 0.2) is 66.9 Å². The molecule has 0 aliphatic rings. The number of hydrogen-bond donors (Lipinski definition) is 3. The zero-order valence-corrected chi connectivity index (χ0v) is 15.8. The summed E-state index contributed by atoms with van der Waals surface area (Å²) in [5.41, 5.74) is 4.69. The first kappa shape index (κ1) is 19.1. The molecule has 0 aliphatic carbocycles. The van der Waals surface area contributed by atoms with Crippen LogP contribution in [0.25, 0.3) is 0 Å². The lowest BCUT2D eigenvalue weighted by molar-refractivity contribution is -0.114. The molecule has 0 spiro atoms. The molecule has 6 nitrogen and oxygen atoms in total. The van der Waals surface area contributed by atoms with Crippen LogP contribution in [0.1, 0.15) is 28.5 Å². The second kappa shape index (κ2) is 8.81. The van der Waals surface area contributed by atoms with Gasteiger partial charge in [-0.1, -0.05) is 35.9 Å². The number of anilines is 3. The van der Waals surface area contributed by atoms with Gasteiger partial charge in [-0.2, -0.15) is 0 Å². The molecular weight excluding hydrogens is 352 g/mol. The third-order valence-corrected chi connectivity index (χ3v) is 4.05. The van der Waals surface area contributed by atoms with Crippen molar-refractivity contribution in [1.82, 2.24) is 4.98 Å². The minimum absolute atomic E-state index is 0.169. The maximum absolute atomic E-state index is 12.5. The minimum Gasteiger partial charge on any atom is -0.381 e. The number of aromatic nitrogens is 1. The Hall–Kier alpha value is -3.67. The summed E-state index contributed by atoms with van der Waals surface area (Å²) in [5, 5.41) is 8.79. The normalized spacial score (nSPS) is 10.2. The largest absolute Gasteiger partial charge is 0.381 e. The molecule has 0 aliphatic heterocycles. The van der Waals surface area contributed by atoms with Gasteiger partial charge in [-0.05, 0) is 42.8 Å². The highest BCUT2D eigenvalue weighted by Gasteiger charge is 2.09. The number of amides is 2. The summed E-state index contributed by atoms with van der Waals surface area (Å²) in [5.74, 6) is -0.489. The second-order valence-electron chi connectivity index (χ2n) is 6.49. The molecule has 0 saturated carbocycles. The van der Waals surface area contributed by atoms with Crippen LogP contribution in [-0.4, -0.2) is 16.8 Å². The number of carbonyl (C=O) groups excluding carboxylic acids is 2. The number of hydrogen-bond acceptors (Lipinski definition) is 4. The Balaban J connectivity index is 1.65. The second-order valence-corrected chi connectivity index (χ2v) is 6.49. The van der Waals surface area contributed by atoms with Gasteiger partial charge in [0.05, 0.1) is 0 Å². The maximum Gasteiger partial charge on any atom is 0.274 e. The Bertz CT molecular complexity index is 984. The molecule has 0 atom stereocenters. The summed E-state index contributed by atoms with van der Waals surface area (Å²) < 4.78 is 0. The van der Waals surface area contributed by atoms with Gasteiger partial charge in [0.1, 0.15) is 5.69 Å². The Morgan fingerprint density at radius 2 is 1.61 bits per heavy atom. The molecule has 3 rings (SSSR count). The summed E-state index contributed by atoms with van der Waals surface area (Å²) >= 11 is 0. The van der Waals surface area contributed by atoms with Crippen LogP contribution >= 0.6 is 0 Å². The highest BCUT2D eigenvalue weighted by molar-refractivity contribution is 6.03. The van der Waals surface area contributed by atoms with Gasteiger partial charge in [-0.15, -0.1) is 0 Å². The van der Waals surface area contributed by atoms with E-state index >= 15 is 0 Å². The number of nitrogens with zero attached hydrogens (tertiary/aromatic N) is 1. The molecule has 3 aromatic rings. The predicted molar refractivity (Wildman–Crippen MR) is 111 cm³/mol. The van der Waals surface area contributed by atoms with Crippen molar-refractivity contribution in [3.05, 3.63) is 83.7 Å². The Labute approximate surface area is 164 Å². The van der Waals surface area contributed by atoms with Crippen LogP contribution in [0, 0.1) is 6.92 Å². The average molecular weight is 374 g/mol. The monoisotopic (exact) mass is 374 g/mol. The lowest BCUT2D eigenvalue weighted by atomic mass is 10.1. The highest BCUT2D eigenvalue weighted by Crippen LogP contribution is 2.17. The number of nitrogens with one attached hydrogen (secondary N) is 3. The van der Waals surface area contributed by atoms with Gasteiger partial charge in [0.2, 0.25) is 5.91 Å². The number of aryl methyl sites for hydroxylation is 1. The van der Waals surface area contributed by atoms with E-state index in [1.165, 1.54) is 12.5 Å². The SMILES string of the molecule is CC(=O)Nc1cccc(NC(=O)c2cc(NCc3ccc(C)cc3)ccn2)c1. The van der Waals surface area contributed by atoms with Crippen molar-refractivity contribution in [2.45, 2.75) is 20.4 Å². The van der Waals surface area contributed by atoms with E-state index in [2.05, 4.69) is 52.1 Å². The van der Waals surface area contributed by atoms with Crippen LogP contribution in [-0.2, 0) is 11.3 Å². The molecule has 1 heterocycles. The Kier molecular flexibility index (Phi) is 6.01. The van der Waals surface area contributed by atoms with E-state index in [1.54, 1.807) is 36.5 Å². The van der Waals surface area contributed by atoms with Gasteiger partial charge in [-0.3, -0.25) is 14.6 Å². The summed E-state index contributed by atoms with van der Waals surface area (Å²) in [4.78, 5) is 27.8. The first-order valence-corrected chi connectivity index (χ1v) is 8.94. The van der Waals surface area contributed by atoms with Crippen LogP contribution in [0.5, 0.6) is 0 Å². The summed E-state index contributed by atoms with van der Waals surface area (Å²) in [7, 11) is 0. The molecule has 6 heteroatoms. The standard InChI is InChI=1S/C22H22N4O2/c1-15-6-8-17(9-7-15)14-24-18-10-11-23-21(13-18)22(28)26-20-5-3-4-19(12-20)25-16(2)27/h3-13H,14H2,1-2H3,(H,23,24)(H,25,27)(H,26,28). The molecule has 1 aromatic heterocycles. The first-order valence-electron chi connectivity index (χ1n) is 8.94. The number of pyridine rings is 1. The van der Waals surface area contributed by atoms with Crippen molar-refractivity contribution in [2.24, 2.45) is 0 Å². The van der Waals surface area contributed by atoms with Crippen molar-refractivity contribution in [3.8, 4) is 0 Å². The molecule has 0 unspecified atom stereocenters.